The Balaban J connectivity index is 1.66. The summed E-state index contributed by atoms with van der Waals surface area (Å²) in [5.74, 6) is 1.46. The lowest BCUT2D eigenvalue weighted by Gasteiger charge is -2.51. The third-order valence-corrected chi connectivity index (χ3v) is 5.76. The zero-order valence-corrected chi connectivity index (χ0v) is 13.1. The second kappa shape index (κ2) is 5.17. The first-order valence-electron chi connectivity index (χ1n) is 8.29. The predicted octanol–water partition coefficient (Wildman–Crippen LogP) is 3.85. The summed E-state index contributed by atoms with van der Waals surface area (Å²) in [5.41, 5.74) is 3.06. The highest BCUT2D eigenvalue weighted by atomic mass is 16.3. The Morgan fingerprint density at radius 1 is 1.36 bits per heavy atom. The molecule has 2 atom stereocenters. The van der Waals surface area contributed by atoms with Crippen molar-refractivity contribution in [1.82, 2.24) is 4.90 Å². The van der Waals surface area contributed by atoms with E-state index in [0.29, 0.717) is 11.8 Å². The predicted molar refractivity (Wildman–Crippen MR) is 85.9 cm³/mol. The molecule has 1 aliphatic heterocycles. The van der Waals surface area contributed by atoms with Crippen LogP contribution in [0.1, 0.15) is 43.1 Å². The molecule has 1 fully saturated rings. The van der Waals surface area contributed by atoms with Gasteiger partial charge in [0, 0.05) is 6.04 Å². The van der Waals surface area contributed by atoms with E-state index in [4.69, 9.17) is 4.42 Å². The average molecular weight is 297 g/mol. The molecule has 2 heterocycles. The number of benzene rings is 1. The minimum atomic E-state index is 0.247. The standard InChI is InChI=1S/C19H23NO2/c1-2-19-7-8-20(13-17-4-3-9-22-17)15(12-19)10-14-5-6-16(21)11-18(14)19/h3-6,9,11,15,21H,2,7-8,10,12-13H2,1H3/t15?,19-/m0/s1. The molecule has 3 nitrogen and oxygen atoms in total. The zero-order chi connectivity index (χ0) is 15.2. The minimum Gasteiger partial charge on any atom is -0.508 e. The molecule has 0 spiro atoms. The van der Waals surface area contributed by atoms with Gasteiger partial charge in [0.05, 0.1) is 12.8 Å². The van der Waals surface area contributed by atoms with Crippen molar-refractivity contribution in [2.24, 2.45) is 0 Å². The number of fused-ring (bicyclic) bond motifs is 4. The molecule has 1 unspecified atom stereocenters. The molecular formula is C19H23NO2. The van der Waals surface area contributed by atoms with Gasteiger partial charge in [-0.05, 0) is 73.0 Å². The number of piperidine rings is 1. The highest BCUT2D eigenvalue weighted by Crippen LogP contribution is 2.48. The third kappa shape index (κ3) is 2.15. The molecule has 116 valence electrons. The number of phenolic OH excluding ortho intramolecular Hbond substituents is 1. The van der Waals surface area contributed by atoms with Crippen LogP contribution in [0.25, 0.3) is 0 Å². The normalized spacial score (nSPS) is 27.6. The van der Waals surface area contributed by atoms with Crippen LogP contribution < -0.4 is 0 Å². The van der Waals surface area contributed by atoms with Crippen LogP contribution in [0.5, 0.6) is 5.75 Å². The summed E-state index contributed by atoms with van der Waals surface area (Å²) in [5, 5.41) is 9.90. The smallest absolute Gasteiger partial charge is 0.117 e. The fourth-order valence-electron chi connectivity index (χ4n) is 4.48. The number of hydrogen-bond acceptors (Lipinski definition) is 3. The number of likely N-dealkylation sites (tertiary alicyclic amines) is 1. The van der Waals surface area contributed by atoms with Crippen LogP contribution >= 0.6 is 0 Å². The van der Waals surface area contributed by atoms with E-state index in [-0.39, 0.29) is 5.41 Å². The van der Waals surface area contributed by atoms with Crippen molar-refractivity contribution < 1.29 is 9.52 Å². The van der Waals surface area contributed by atoms with Gasteiger partial charge in [0.25, 0.3) is 0 Å². The van der Waals surface area contributed by atoms with E-state index in [0.717, 1.165) is 38.1 Å². The number of aromatic hydroxyl groups is 1. The lowest BCUT2D eigenvalue weighted by Crippen LogP contribution is -2.52. The van der Waals surface area contributed by atoms with Crippen molar-refractivity contribution in [3.8, 4) is 5.75 Å². The second-order valence-corrected chi connectivity index (χ2v) is 6.84. The van der Waals surface area contributed by atoms with Crippen LogP contribution in [0.2, 0.25) is 0 Å². The van der Waals surface area contributed by atoms with Gasteiger partial charge in [0.15, 0.2) is 0 Å². The van der Waals surface area contributed by atoms with E-state index in [1.165, 1.54) is 17.5 Å². The van der Waals surface area contributed by atoms with Gasteiger partial charge in [0.2, 0.25) is 0 Å². The molecule has 1 aromatic carbocycles. The van der Waals surface area contributed by atoms with Crippen LogP contribution in [0, 0.1) is 0 Å². The molecule has 1 aliphatic carbocycles. The fourth-order valence-corrected chi connectivity index (χ4v) is 4.48. The molecule has 4 rings (SSSR count). The first-order valence-corrected chi connectivity index (χ1v) is 8.29. The molecule has 0 radical (unpaired) electrons. The Morgan fingerprint density at radius 2 is 2.27 bits per heavy atom. The molecule has 2 bridgehead atoms. The third-order valence-electron chi connectivity index (χ3n) is 5.76. The topological polar surface area (TPSA) is 36.6 Å². The Labute approximate surface area is 131 Å². The van der Waals surface area contributed by atoms with Crippen molar-refractivity contribution in [3.63, 3.8) is 0 Å². The number of hydrogen-bond donors (Lipinski definition) is 1. The van der Waals surface area contributed by atoms with E-state index in [1.807, 2.05) is 18.2 Å². The van der Waals surface area contributed by atoms with Gasteiger partial charge >= 0.3 is 0 Å². The summed E-state index contributed by atoms with van der Waals surface area (Å²) >= 11 is 0. The summed E-state index contributed by atoms with van der Waals surface area (Å²) in [6.07, 6.45) is 6.35. The van der Waals surface area contributed by atoms with E-state index < -0.39 is 0 Å². The van der Waals surface area contributed by atoms with Crippen molar-refractivity contribution in [2.75, 3.05) is 6.54 Å². The summed E-state index contributed by atoms with van der Waals surface area (Å²) in [6.45, 7) is 4.30. The van der Waals surface area contributed by atoms with E-state index in [1.54, 1.807) is 6.26 Å². The number of phenols is 1. The van der Waals surface area contributed by atoms with E-state index in [9.17, 15) is 5.11 Å². The highest BCUT2D eigenvalue weighted by Gasteiger charge is 2.44. The van der Waals surface area contributed by atoms with Crippen LogP contribution in [-0.2, 0) is 18.4 Å². The maximum absolute atomic E-state index is 9.90. The molecule has 1 aromatic heterocycles. The van der Waals surface area contributed by atoms with E-state index in [2.05, 4.69) is 24.0 Å². The van der Waals surface area contributed by atoms with Gasteiger partial charge in [-0.15, -0.1) is 0 Å². The number of rotatable bonds is 3. The Morgan fingerprint density at radius 3 is 3.05 bits per heavy atom. The lowest BCUT2D eigenvalue weighted by molar-refractivity contribution is 0.0652. The SMILES string of the molecule is CC[C@@]12CCN(Cc3ccco3)C(Cc3ccc(O)cc31)C2. The molecule has 1 N–H and O–H groups in total. The average Bonchev–Trinajstić information content (AvgIpc) is 3.04. The summed E-state index contributed by atoms with van der Waals surface area (Å²) in [7, 11) is 0. The summed E-state index contributed by atoms with van der Waals surface area (Å²) in [6, 6.07) is 10.6. The molecule has 3 heteroatoms. The van der Waals surface area contributed by atoms with Crippen molar-refractivity contribution in [2.45, 2.75) is 50.6 Å². The highest BCUT2D eigenvalue weighted by molar-refractivity contribution is 5.43. The van der Waals surface area contributed by atoms with Crippen LogP contribution in [0.3, 0.4) is 0 Å². The van der Waals surface area contributed by atoms with E-state index >= 15 is 0 Å². The number of furan rings is 1. The molecule has 0 amide bonds. The second-order valence-electron chi connectivity index (χ2n) is 6.84. The van der Waals surface area contributed by atoms with Crippen LogP contribution in [0.4, 0.5) is 0 Å². The minimum absolute atomic E-state index is 0.247. The summed E-state index contributed by atoms with van der Waals surface area (Å²) in [4.78, 5) is 2.57. The fraction of sp³-hybridized carbons (Fsp3) is 0.474. The van der Waals surface area contributed by atoms with Crippen molar-refractivity contribution >= 4 is 0 Å². The Hall–Kier alpha value is -1.74. The molecule has 0 saturated carbocycles. The van der Waals surface area contributed by atoms with Gasteiger partial charge in [0.1, 0.15) is 11.5 Å². The maximum Gasteiger partial charge on any atom is 0.117 e. The van der Waals surface area contributed by atoms with Gasteiger partial charge in [-0.1, -0.05) is 13.0 Å². The number of nitrogens with zero attached hydrogens (tertiary/aromatic N) is 1. The quantitative estimate of drug-likeness (QED) is 0.934. The lowest BCUT2D eigenvalue weighted by atomic mass is 9.62. The van der Waals surface area contributed by atoms with Crippen LogP contribution in [-0.4, -0.2) is 22.6 Å². The first-order chi connectivity index (χ1) is 10.7. The Kier molecular flexibility index (Phi) is 3.26. The van der Waals surface area contributed by atoms with Crippen LogP contribution in [0.15, 0.2) is 41.0 Å². The first kappa shape index (κ1) is 13.9. The molecule has 1 saturated heterocycles. The van der Waals surface area contributed by atoms with Gasteiger partial charge in [-0.3, -0.25) is 4.90 Å². The molecule has 22 heavy (non-hydrogen) atoms. The van der Waals surface area contributed by atoms with Crippen molar-refractivity contribution in [3.05, 3.63) is 53.5 Å². The monoisotopic (exact) mass is 297 g/mol. The largest absolute Gasteiger partial charge is 0.508 e. The van der Waals surface area contributed by atoms with Crippen molar-refractivity contribution in [1.29, 1.82) is 0 Å². The Bertz CT molecular complexity index is 664. The van der Waals surface area contributed by atoms with Gasteiger partial charge in [-0.25, -0.2) is 0 Å². The molecular weight excluding hydrogens is 274 g/mol. The molecule has 2 aromatic rings. The summed E-state index contributed by atoms with van der Waals surface area (Å²) < 4.78 is 5.54. The maximum atomic E-state index is 9.90. The van der Waals surface area contributed by atoms with Gasteiger partial charge in [-0.2, -0.15) is 0 Å². The zero-order valence-electron chi connectivity index (χ0n) is 13.1. The molecule has 2 aliphatic rings. The van der Waals surface area contributed by atoms with Gasteiger partial charge < -0.3 is 9.52 Å².